The standard InChI is InChI=1S/C19H18BrFN2O3/c20-15-11-14(12-22-17-4-2-1-3-16(17)21)5-6-18(15)26-13-19(24)23-7-9-25-10-8-23/h1-6,11-12H,7-10,13H2. The Morgan fingerprint density at radius 2 is 2.04 bits per heavy atom. The van der Waals surface area contributed by atoms with Crippen LogP contribution in [-0.2, 0) is 9.53 Å². The number of hydrogen-bond donors (Lipinski definition) is 0. The summed E-state index contributed by atoms with van der Waals surface area (Å²) in [5, 5.41) is 0. The largest absolute Gasteiger partial charge is 0.483 e. The molecule has 0 saturated carbocycles. The van der Waals surface area contributed by atoms with Crippen molar-refractivity contribution in [2.75, 3.05) is 32.9 Å². The highest BCUT2D eigenvalue weighted by Gasteiger charge is 2.17. The highest BCUT2D eigenvalue weighted by atomic mass is 79.9. The van der Waals surface area contributed by atoms with Crippen LogP contribution in [0.25, 0.3) is 0 Å². The normalized spacial score (nSPS) is 14.6. The molecule has 1 aliphatic heterocycles. The van der Waals surface area contributed by atoms with Gasteiger partial charge in [-0.2, -0.15) is 0 Å². The Morgan fingerprint density at radius 3 is 2.77 bits per heavy atom. The zero-order chi connectivity index (χ0) is 18.4. The SMILES string of the molecule is O=C(COc1ccc(C=Nc2ccccc2F)cc1Br)N1CCOCC1. The first-order valence-corrected chi connectivity index (χ1v) is 8.99. The van der Waals surface area contributed by atoms with E-state index in [-0.39, 0.29) is 24.0 Å². The predicted octanol–water partition coefficient (Wildman–Crippen LogP) is 3.58. The van der Waals surface area contributed by atoms with E-state index in [0.29, 0.717) is 36.5 Å². The van der Waals surface area contributed by atoms with Crippen molar-refractivity contribution in [1.29, 1.82) is 0 Å². The van der Waals surface area contributed by atoms with Gasteiger partial charge in [0.1, 0.15) is 11.6 Å². The third kappa shape index (κ3) is 4.89. The van der Waals surface area contributed by atoms with Crippen molar-refractivity contribution in [2.24, 2.45) is 4.99 Å². The highest BCUT2D eigenvalue weighted by molar-refractivity contribution is 9.10. The van der Waals surface area contributed by atoms with Crippen LogP contribution in [0.15, 0.2) is 51.9 Å². The number of carbonyl (C=O) groups excluding carboxylic acids is 1. The molecule has 1 fully saturated rings. The van der Waals surface area contributed by atoms with E-state index in [1.54, 1.807) is 47.5 Å². The molecule has 0 aromatic heterocycles. The second-order valence-corrected chi connectivity index (χ2v) is 6.54. The smallest absolute Gasteiger partial charge is 0.260 e. The molecule has 0 atom stereocenters. The molecular formula is C19H18BrFN2O3. The molecule has 5 nitrogen and oxygen atoms in total. The molecule has 2 aromatic rings. The minimum absolute atomic E-state index is 0.0265. The van der Waals surface area contributed by atoms with E-state index in [0.717, 1.165) is 5.56 Å². The number of morpholine rings is 1. The van der Waals surface area contributed by atoms with Crippen molar-refractivity contribution in [1.82, 2.24) is 4.90 Å². The van der Waals surface area contributed by atoms with Crippen LogP contribution in [0.1, 0.15) is 5.56 Å². The number of rotatable bonds is 5. The lowest BCUT2D eigenvalue weighted by Gasteiger charge is -2.26. The molecule has 1 saturated heterocycles. The molecule has 0 bridgehead atoms. The lowest BCUT2D eigenvalue weighted by molar-refractivity contribution is -0.137. The summed E-state index contributed by atoms with van der Waals surface area (Å²) in [5.74, 6) is 0.129. The summed E-state index contributed by atoms with van der Waals surface area (Å²) in [6.07, 6.45) is 1.58. The van der Waals surface area contributed by atoms with Crippen LogP contribution in [0, 0.1) is 5.82 Å². The molecule has 0 spiro atoms. The Morgan fingerprint density at radius 1 is 1.27 bits per heavy atom. The monoisotopic (exact) mass is 420 g/mol. The van der Waals surface area contributed by atoms with Crippen LogP contribution in [-0.4, -0.2) is 49.9 Å². The molecule has 0 aliphatic carbocycles. The van der Waals surface area contributed by atoms with Crippen LogP contribution in [0.4, 0.5) is 10.1 Å². The van der Waals surface area contributed by atoms with Crippen LogP contribution >= 0.6 is 15.9 Å². The number of ether oxygens (including phenoxy) is 2. The maximum Gasteiger partial charge on any atom is 0.260 e. The van der Waals surface area contributed by atoms with Crippen LogP contribution in [0.3, 0.4) is 0 Å². The van der Waals surface area contributed by atoms with Gasteiger partial charge >= 0.3 is 0 Å². The second kappa shape index (κ2) is 8.91. The molecule has 0 unspecified atom stereocenters. The van der Waals surface area contributed by atoms with E-state index in [4.69, 9.17) is 9.47 Å². The summed E-state index contributed by atoms with van der Waals surface area (Å²) in [7, 11) is 0. The van der Waals surface area contributed by atoms with Gasteiger partial charge in [0.15, 0.2) is 6.61 Å². The lowest BCUT2D eigenvalue weighted by Crippen LogP contribution is -2.43. The average Bonchev–Trinajstić information content (AvgIpc) is 2.67. The quantitative estimate of drug-likeness (QED) is 0.694. The molecule has 136 valence electrons. The van der Waals surface area contributed by atoms with E-state index >= 15 is 0 Å². The zero-order valence-corrected chi connectivity index (χ0v) is 15.6. The van der Waals surface area contributed by atoms with Crippen LogP contribution in [0.2, 0.25) is 0 Å². The molecule has 2 aromatic carbocycles. The summed E-state index contributed by atoms with van der Waals surface area (Å²) in [5.41, 5.74) is 1.06. The van der Waals surface area contributed by atoms with Gasteiger partial charge in [-0.05, 0) is 51.8 Å². The van der Waals surface area contributed by atoms with Gasteiger partial charge in [-0.15, -0.1) is 0 Å². The molecule has 1 amide bonds. The Labute approximate surface area is 159 Å². The van der Waals surface area contributed by atoms with Gasteiger partial charge in [0.25, 0.3) is 5.91 Å². The van der Waals surface area contributed by atoms with Crippen LogP contribution in [0.5, 0.6) is 5.75 Å². The van der Waals surface area contributed by atoms with Crippen molar-refractivity contribution in [3.05, 3.63) is 58.3 Å². The van der Waals surface area contributed by atoms with E-state index in [2.05, 4.69) is 20.9 Å². The summed E-state index contributed by atoms with van der Waals surface area (Å²) >= 11 is 3.43. The fourth-order valence-electron chi connectivity index (χ4n) is 2.46. The first-order valence-electron chi connectivity index (χ1n) is 8.20. The Bertz CT molecular complexity index is 807. The van der Waals surface area contributed by atoms with Gasteiger partial charge in [-0.25, -0.2) is 4.39 Å². The Balaban J connectivity index is 1.60. The van der Waals surface area contributed by atoms with Gasteiger partial charge in [0.2, 0.25) is 0 Å². The average molecular weight is 421 g/mol. The molecule has 0 radical (unpaired) electrons. The number of amides is 1. The van der Waals surface area contributed by atoms with Gasteiger partial charge in [0.05, 0.1) is 23.4 Å². The van der Waals surface area contributed by atoms with Crippen molar-refractivity contribution < 1.29 is 18.7 Å². The first-order chi connectivity index (χ1) is 12.6. The maximum absolute atomic E-state index is 13.6. The van der Waals surface area contributed by atoms with E-state index in [1.807, 2.05) is 0 Å². The number of hydrogen-bond acceptors (Lipinski definition) is 4. The minimum atomic E-state index is -0.371. The fraction of sp³-hybridized carbons (Fsp3) is 0.263. The van der Waals surface area contributed by atoms with E-state index in [1.165, 1.54) is 6.07 Å². The number of para-hydroxylation sites is 1. The topological polar surface area (TPSA) is 51.1 Å². The van der Waals surface area contributed by atoms with Crippen molar-refractivity contribution in [3.63, 3.8) is 0 Å². The number of carbonyl (C=O) groups is 1. The summed E-state index contributed by atoms with van der Waals surface area (Å²) in [6, 6.07) is 11.7. The Hall–Kier alpha value is -2.25. The Kier molecular flexibility index (Phi) is 6.35. The second-order valence-electron chi connectivity index (χ2n) is 5.68. The molecule has 0 N–H and O–H groups in total. The molecule has 7 heteroatoms. The number of nitrogens with zero attached hydrogens (tertiary/aromatic N) is 2. The molecule has 1 heterocycles. The van der Waals surface area contributed by atoms with Crippen LogP contribution < -0.4 is 4.74 Å². The van der Waals surface area contributed by atoms with Gasteiger partial charge in [-0.3, -0.25) is 9.79 Å². The first kappa shape index (κ1) is 18.5. The minimum Gasteiger partial charge on any atom is -0.483 e. The highest BCUT2D eigenvalue weighted by Crippen LogP contribution is 2.26. The summed E-state index contributed by atoms with van der Waals surface area (Å²) in [6.45, 7) is 2.28. The number of benzene rings is 2. The zero-order valence-electron chi connectivity index (χ0n) is 14.0. The van der Waals surface area contributed by atoms with Crippen molar-refractivity contribution >= 4 is 33.7 Å². The molecular weight excluding hydrogens is 403 g/mol. The molecule has 3 rings (SSSR count). The fourth-order valence-corrected chi connectivity index (χ4v) is 2.97. The summed E-state index contributed by atoms with van der Waals surface area (Å²) < 4.78 is 25.1. The lowest BCUT2D eigenvalue weighted by atomic mass is 10.2. The van der Waals surface area contributed by atoms with Crippen molar-refractivity contribution in [2.45, 2.75) is 0 Å². The maximum atomic E-state index is 13.6. The van der Waals surface area contributed by atoms with Crippen molar-refractivity contribution in [3.8, 4) is 5.75 Å². The van der Waals surface area contributed by atoms with Gasteiger partial charge in [0, 0.05) is 19.3 Å². The third-order valence-electron chi connectivity index (χ3n) is 3.88. The molecule has 26 heavy (non-hydrogen) atoms. The number of halogens is 2. The summed E-state index contributed by atoms with van der Waals surface area (Å²) in [4.78, 5) is 18.0. The third-order valence-corrected chi connectivity index (χ3v) is 4.50. The number of aliphatic imine (C=N–C) groups is 1. The van der Waals surface area contributed by atoms with Gasteiger partial charge < -0.3 is 14.4 Å². The molecule has 1 aliphatic rings. The van der Waals surface area contributed by atoms with Gasteiger partial charge in [-0.1, -0.05) is 12.1 Å². The van der Waals surface area contributed by atoms with E-state index in [9.17, 15) is 9.18 Å². The predicted molar refractivity (Wildman–Crippen MR) is 101 cm³/mol. The van der Waals surface area contributed by atoms with E-state index < -0.39 is 0 Å².